The van der Waals surface area contributed by atoms with E-state index >= 15 is 0 Å². The molecule has 1 unspecified atom stereocenters. The van der Waals surface area contributed by atoms with Crippen molar-refractivity contribution in [3.05, 3.63) is 59.7 Å². The van der Waals surface area contributed by atoms with Gasteiger partial charge >= 0.3 is 6.03 Å². The molecule has 0 spiro atoms. The van der Waals surface area contributed by atoms with E-state index in [0.717, 1.165) is 24.0 Å². The third-order valence-electron chi connectivity index (χ3n) is 4.64. The van der Waals surface area contributed by atoms with Crippen LogP contribution in [0.4, 0.5) is 10.5 Å². The Kier molecular flexibility index (Phi) is 6.91. The molecule has 1 aliphatic rings. The van der Waals surface area contributed by atoms with Gasteiger partial charge in [0.05, 0.1) is 6.61 Å². The van der Waals surface area contributed by atoms with Crippen molar-refractivity contribution in [2.24, 2.45) is 0 Å². The highest BCUT2D eigenvalue weighted by molar-refractivity contribution is 5.86. The molecule has 29 heavy (non-hydrogen) atoms. The molecule has 1 aliphatic heterocycles. The third-order valence-corrected chi connectivity index (χ3v) is 4.64. The van der Waals surface area contributed by atoms with Crippen LogP contribution >= 0.6 is 0 Å². The molecule has 1 saturated heterocycles. The smallest absolute Gasteiger partial charge is 0.315 e. The Morgan fingerprint density at radius 3 is 2.62 bits per heavy atom. The van der Waals surface area contributed by atoms with E-state index in [-0.39, 0.29) is 18.1 Å². The van der Waals surface area contributed by atoms with E-state index in [1.54, 1.807) is 36.4 Å². The van der Waals surface area contributed by atoms with Crippen LogP contribution in [0.1, 0.15) is 24.0 Å². The summed E-state index contributed by atoms with van der Waals surface area (Å²) in [5.74, 6) is -0.202. The lowest BCUT2D eigenvalue weighted by molar-refractivity contribution is -0.198. The average Bonchev–Trinajstić information content (AvgIpc) is 2.73. The summed E-state index contributed by atoms with van der Waals surface area (Å²) in [6.07, 6.45) is 1.99. The van der Waals surface area contributed by atoms with Crippen molar-refractivity contribution in [3.63, 3.8) is 0 Å². The number of nitrogens with two attached hydrogens (primary N) is 1. The quantitative estimate of drug-likeness (QED) is 0.555. The number of urea groups is 1. The molecule has 1 heterocycles. The van der Waals surface area contributed by atoms with Crippen molar-refractivity contribution in [2.45, 2.75) is 31.8 Å². The van der Waals surface area contributed by atoms with Crippen molar-refractivity contribution in [3.8, 4) is 5.75 Å². The van der Waals surface area contributed by atoms with Crippen LogP contribution in [0.25, 0.3) is 0 Å². The molecule has 3 rings (SSSR count). The fourth-order valence-electron chi connectivity index (χ4n) is 3.09. The number of nitrogens with zero attached hydrogens (tertiary/aromatic N) is 1. The molecule has 1 fully saturated rings. The number of carbonyl (C=O) groups is 2. The van der Waals surface area contributed by atoms with E-state index in [1.165, 1.54) is 5.06 Å². The normalized spacial score (nSPS) is 14.8. The first-order valence-corrected chi connectivity index (χ1v) is 9.62. The van der Waals surface area contributed by atoms with Gasteiger partial charge in [-0.25, -0.2) is 9.86 Å². The largest absolute Gasteiger partial charge is 0.508 e. The first-order valence-electron chi connectivity index (χ1n) is 9.62. The standard InChI is InChI=1S/C21H26N4O4/c22-17-8-6-15(7-9-17)14-23-21(28)24-19(13-16-4-3-5-18(26)12-16)20(27)25-10-1-2-11-29-25/h3-9,12,19,26H,1-2,10-11,13-14,22H2,(H2,23,24,28). The number of hydrogen-bond acceptors (Lipinski definition) is 5. The molecule has 0 aliphatic carbocycles. The van der Waals surface area contributed by atoms with Gasteiger partial charge in [0.15, 0.2) is 0 Å². The summed E-state index contributed by atoms with van der Waals surface area (Å²) in [5.41, 5.74) is 7.94. The number of phenols is 1. The second-order valence-corrected chi connectivity index (χ2v) is 6.98. The highest BCUT2D eigenvalue weighted by Crippen LogP contribution is 2.15. The van der Waals surface area contributed by atoms with E-state index in [2.05, 4.69) is 10.6 Å². The number of anilines is 1. The summed E-state index contributed by atoms with van der Waals surface area (Å²) in [7, 11) is 0. The summed E-state index contributed by atoms with van der Waals surface area (Å²) < 4.78 is 0. The fraction of sp³-hybridized carbons (Fsp3) is 0.333. The number of hydroxylamine groups is 2. The average molecular weight is 398 g/mol. The van der Waals surface area contributed by atoms with Crippen molar-refractivity contribution in [1.82, 2.24) is 15.7 Å². The molecule has 1 atom stereocenters. The highest BCUT2D eigenvalue weighted by atomic mass is 16.7. The summed E-state index contributed by atoms with van der Waals surface area (Å²) in [6.45, 7) is 1.28. The molecule has 0 radical (unpaired) electrons. The predicted octanol–water partition coefficient (Wildman–Crippen LogP) is 1.94. The first-order chi connectivity index (χ1) is 14.0. The van der Waals surface area contributed by atoms with Crippen molar-refractivity contribution in [1.29, 1.82) is 0 Å². The van der Waals surface area contributed by atoms with Gasteiger partial charge in [-0.2, -0.15) is 0 Å². The molecular weight excluding hydrogens is 372 g/mol. The molecular formula is C21H26N4O4. The van der Waals surface area contributed by atoms with Crippen LogP contribution in [0.15, 0.2) is 48.5 Å². The molecule has 0 saturated carbocycles. The summed E-state index contributed by atoms with van der Waals surface area (Å²) in [6, 6.07) is 12.5. The van der Waals surface area contributed by atoms with Gasteiger partial charge in [0.1, 0.15) is 11.8 Å². The molecule has 154 valence electrons. The van der Waals surface area contributed by atoms with E-state index in [0.29, 0.717) is 25.4 Å². The van der Waals surface area contributed by atoms with Gasteiger partial charge < -0.3 is 21.5 Å². The summed E-state index contributed by atoms with van der Waals surface area (Å²) in [4.78, 5) is 30.8. The van der Waals surface area contributed by atoms with Crippen molar-refractivity contribution >= 4 is 17.6 Å². The number of benzene rings is 2. The van der Waals surface area contributed by atoms with Crippen LogP contribution in [-0.4, -0.2) is 41.3 Å². The number of amides is 3. The summed E-state index contributed by atoms with van der Waals surface area (Å²) >= 11 is 0. The topological polar surface area (TPSA) is 117 Å². The minimum atomic E-state index is -0.818. The number of phenolic OH excluding ortho intramolecular Hbond substituents is 1. The number of nitrogens with one attached hydrogen (secondary N) is 2. The van der Waals surface area contributed by atoms with Crippen molar-refractivity contribution in [2.75, 3.05) is 18.9 Å². The lowest BCUT2D eigenvalue weighted by Gasteiger charge is -2.30. The van der Waals surface area contributed by atoms with Crippen LogP contribution < -0.4 is 16.4 Å². The zero-order valence-corrected chi connectivity index (χ0v) is 16.1. The maximum absolute atomic E-state index is 12.9. The van der Waals surface area contributed by atoms with Gasteiger partial charge in [0, 0.05) is 25.2 Å². The number of hydrogen-bond donors (Lipinski definition) is 4. The molecule has 2 aromatic rings. The second-order valence-electron chi connectivity index (χ2n) is 6.98. The number of carbonyl (C=O) groups excluding carboxylic acids is 2. The Morgan fingerprint density at radius 2 is 1.93 bits per heavy atom. The predicted molar refractivity (Wildman–Crippen MR) is 109 cm³/mol. The zero-order valence-electron chi connectivity index (χ0n) is 16.1. The van der Waals surface area contributed by atoms with Crippen LogP contribution in [0.5, 0.6) is 5.75 Å². The monoisotopic (exact) mass is 398 g/mol. The zero-order chi connectivity index (χ0) is 20.6. The Morgan fingerprint density at radius 1 is 1.14 bits per heavy atom. The molecule has 0 aromatic heterocycles. The van der Waals surface area contributed by atoms with Crippen LogP contribution in [0.2, 0.25) is 0 Å². The van der Waals surface area contributed by atoms with Gasteiger partial charge in [0.2, 0.25) is 0 Å². The van der Waals surface area contributed by atoms with E-state index < -0.39 is 12.1 Å². The molecule has 3 amide bonds. The number of rotatable bonds is 6. The SMILES string of the molecule is Nc1ccc(CNC(=O)NC(Cc2cccc(O)c2)C(=O)N2CCCCO2)cc1. The molecule has 8 nitrogen and oxygen atoms in total. The van der Waals surface area contributed by atoms with Crippen molar-refractivity contribution < 1.29 is 19.5 Å². The number of nitrogen functional groups attached to an aromatic ring is 1. The van der Waals surface area contributed by atoms with Crippen LogP contribution in [0, 0.1) is 0 Å². The maximum atomic E-state index is 12.9. The van der Waals surface area contributed by atoms with E-state index in [4.69, 9.17) is 10.6 Å². The summed E-state index contributed by atoms with van der Waals surface area (Å²) in [5, 5.41) is 16.5. The number of aromatic hydroxyl groups is 1. The lowest BCUT2D eigenvalue weighted by atomic mass is 10.0. The van der Waals surface area contributed by atoms with E-state index in [9.17, 15) is 14.7 Å². The Balaban J connectivity index is 1.65. The van der Waals surface area contributed by atoms with Gasteiger partial charge in [0.25, 0.3) is 5.91 Å². The maximum Gasteiger partial charge on any atom is 0.315 e. The van der Waals surface area contributed by atoms with Gasteiger partial charge in [-0.3, -0.25) is 9.63 Å². The van der Waals surface area contributed by atoms with Gasteiger partial charge in [-0.1, -0.05) is 24.3 Å². The Labute approximate surface area is 169 Å². The minimum Gasteiger partial charge on any atom is -0.508 e. The first kappa shape index (κ1) is 20.5. The van der Waals surface area contributed by atoms with Gasteiger partial charge in [-0.15, -0.1) is 0 Å². The highest BCUT2D eigenvalue weighted by Gasteiger charge is 2.28. The van der Waals surface area contributed by atoms with Crippen LogP contribution in [-0.2, 0) is 22.6 Å². The lowest BCUT2D eigenvalue weighted by Crippen LogP contribution is -2.53. The molecule has 5 N–H and O–H groups in total. The minimum absolute atomic E-state index is 0.107. The fourth-order valence-corrected chi connectivity index (χ4v) is 3.09. The van der Waals surface area contributed by atoms with Gasteiger partial charge in [-0.05, 0) is 48.2 Å². The third kappa shape index (κ3) is 6.11. The second kappa shape index (κ2) is 9.79. The Bertz CT molecular complexity index is 835. The molecule has 8 heteroatoms. The molecule has 0 bridgehead atoms. The van der Waals surface area contributed by atoms with E-state index in [1.807, 2.05) is 12.1 Å². The molecule has 2 aromatic carbocycles. The Hall–Kier alpha value is -3.26. The van der Waals surface area contributed by atoms with Crippen LogP contribution in [0.3, 0.4) is 0 Å².